The Kier molecular flexibility index (Phi) is 5.39. The van der Waals surface area contributed by atoms with Gasteiger partial charge in [-0.3, -0.25) is 4.72 Å². The maximum absolute atomic E-state index is 5.95. The van der Waals surface area contributed by atoms with Gasteiger partial charge in [0.1, 0.15) is 0 Å². The molecule has 0 radical (unpaired) electrons. The molecular weight excluding hydrogens is 310 g/mol. The summed E-state index contributed by atoms with van der Waals surface area (Å²) in [5.41, 5.74) is 7.99. The van der Waals surface area contributed by atoms with Gasteiger partial charge >= 0.3 is 0 Å². The van der Waals surface area contributed by atoms with Gasteiger partial charge in [-0.15, -0.1) is 11.3 Å². The molecule has 22 heavy (non-hydrogen) atoms. The molecule has 0 amide bonds. The van der Waals surface area contributed by atoms with Gasteiger partial charge in [0.05, 0.1) is 9.88 Å². The van der Waals surface area contributed by atoms with Gasteiger partial charge < -0.3 is 5.73 Å². The molecule has 1 aliphatic rings. The van der Waals surface area contributed by atoms with E-state index in [1.165, 1.54) is 52.4 Å². The molecule has 1 aromatic heterocycles. The van der Waals surface area contributed by atoms with Gasteiger partial charge in [0.2, 0.25) is 0 Å². The smallest absolute Gasteiger partial charge is 0.0962 e. The van der Waals surface area contributed by atoms with E-state index in [9.17, 15) is 0 Å². The highest BCUT2D eigenvalue weighted by molar-refractivity contribution is 7.97. The summed E-state index contributed by atoms with van der Waals surface area (Å²) >= 11 is 3.50. The summed E-state index contributed by atoms with van der Waals surface area (Å²) in [7, 11) is 0. The van der Waals surface area contributed by atoms with Crippen LogP contribution < -0.4 is 10.5 Å². The molecule has 5 heteroatoms. The number of thiazole rings is 1. The second kappa shape index (κ2) is 7.49. The predicted molar refractivity (Wildman–Crippen MR) is 97.3 cm³/mol. The third-order valence-electron chi connectivity index (χ3n) is 4.08. The first-order valence-corrected chi connectivity index (χ1v) is 9.66. The van der Waals surface area contributed by atoms with Crippen LogP contribution in [-0.4, -0.2) is 11.5 Å². The molecule has 3 rings (SSSR count). The molecule has 1 fully saturated rings. The Balaban J connectivity index is 1.85. The van der Waals surface area contributed by atoms with E-state index in [4.69, 9.17) is 10.7 Å². The molecule has 0 aliphatic heterocycles. The van der Waals surface area contributed by atoms with E-state index < -0.39 is 0 Å². The summed E-state index contributed by atoms with van der Waals surface area (Å²) in [5, 5.41) is 1.31. The maximum atomic E-state index is 5.95. The van der Waals surface area contributed by atoms with Crippen LogP contribution >= 0.6 is 23.3 Å². The normalized spacial score (nSPS) is 16.0. The molecule has 3 N–H and O–H groups in total. The number of hydrogen-bond donors (Lipinski definition) is 2. The largest absolute Gasteiger partial charge is 0.399 e. The molecule has 2 aromatic rings. The van der Waals surface area contributed by atoms with E-state index >= 15 is 0 Å². The average molecular weight is 334 g/mol. The van der Waals surface area contributed by atoms with E-state index in [2.05, 4.69) is 17.7 Å². The number of nitrogens with zero attached hydrogens (tertiary/aromatic N) is 1. The Bertz CT molecular complexity index is 618. The summed E-state index contributed by atoms with van der Waals surface area (Å²) in [6, 6.07) is 6.14. The number of nitrogens with two attached hydrogens (primary N) is 1. The lowest BCUT2D eigenvalue weighted by molar-refractivity contribution is 0.442. The van der Waals surface area contributed by atoms with E-state index in [1.54, 1.807) is 11.9 Å². The highest BCUT2D eigenvalue weighted by Gasteiger charge is 2.19. The van der Waals surface area contributed by atoms with Crippen LogP contribution in [0.3, 0.4) is 0 Å². The van der Waals surface area contributed by atoms with Gasteiger partial charge in [0, 0.05) is 34.8 Å². The first-order valence-electron chi connectivity index (χ1n) is 8.03. The van der Waals surface area contributed by atoms with E-state index in [1.807, 2.05) is 29.7 Å². The lowest BCUT2D eigenvalue weighted by Gasteiger charge is -2.18. The Morgan fingerprint density at radius 2 is 2.14 bits per heavy atom. The first kappa shape index (κ1) is 15.8. The van der Waals surface area contributed by atoms with Crippen LogP contribution in [0, 0.1) is 0 Å². The van der Waals surface area contributed by atoms with Crippen molar-refractivity contribution in [2.75, 3.05) is 12.3 Å². The lowest BCUT2D eigenvalue weighted by Crippen LogP contribution is -2.03. The maximum Gasteiger partial charge on any atom is 0.0962 e. The van der Waals surface area contributed by atoms with Gasteiger partial charge in [-0.05, 0) is 36.9 Å². The van der Waals surface area contributed by atoms with Crippen LogP contribution in [0.5, 0.6) is 0 Å². The molecule has 0 saturated heterocycles. The molecule has 3 nitrogen and oxygen atoms in total. The molecule has 1 heterocycles. The van der Waals surface area contributed by atoms with E-state index in [-0.39, 0.29) is 0 Å². The van der Waals surface area contributed by atoms with Crippen molar-refractivity contribution < 1.29 is 0 Å². The van der Waals surface area contributed by atoms with Crippen LogP contribution in [0.15, 0.2) is 29.3 Å². The highest BCUT2D eigenvalue weighted by atomic mass is 32.2. The predicted octanol–water partition coefficient (Wildman–Crippen LogP) is 5.06. The second-order valence-electron chi connectivity index (χ2n) is 5.75. The molecule has 1 saturated carbocycles. The van der Waals surface area contributed by atoms with Crippen LogP contribution in [0.2, 0.25) is 0 Å². The van der Waals surface area contributed by atoms with E-state index in [0.717, 1.165) is 12.2 Å². The van der Waals surface area contributed by atoms with Gasteiger partial charge in [-0.1, -0.05) is 32.3 Å². The van der Waals surface area contributed by atoms with Crippen molar-refractivity contribution in [2.24, 2.45) is 0 Å². The summed E-state index contributed by atoms with van der Waals surface area (Å²) in [5.74, 6) is 0.672. The number of hydrogen-bond acceptors (Lipinski definition) is 5. The minimum atomic E-state index is 0.672. The molecule has 0 atom stereocenters. The lowest BCUT2D eigenvalue weighted by atomic mass is 9.90. The standard InChI is InChI=1S/C17H23N3S2/c1-2-20-22-15-10-13(18)8-9-14(15)16-11-19-17(21-16)12-6-4-3-5-7-12/h8-12,20H,2-7,18H2,1H3. The van der Waals surface area contributed by atoms with Gasteiger partial charge in [-0.25, -0.2) is 4.98 Å². The van der Waals surface area contributed by atoms with Crippen LogP contribution in [-0.2, 0) is 0 Å². The number of anilines is 1. The van der Waals surface area contributed by atoms with Gasteiger partial charge in [-0.2, -0.15) is 0 Å². The van der Waals surface area contributed by atoms with Crippen molar-refractivity contribution in [3.8, 4) is 10.4 Å². The molecule has 0 bridgehead atoms. The van der Waals surface area contributed by atoms with Crippen molar-refractivity contribution in [3.05, 3.63) is 29.4 Å². The summed E-state index contributed by atoms with van der Waals surface area (Å²) < 4.78 is 3.32. The topological polar surface area (TPSA) is 50.9 Å². The minimum absolute atomic E-state index is 0.672. The van der Waals surface area contributed by atoms with Gasteiger partial charge in [0.15, 0.2) is 0 Å². The fourth-order valence-electron chi connectivity index (χ4n) is 2.93. The summed E-state index contributed by atoms with van der Waals surface area (Å²) in [6.45, 7) is 3.03. The van der Waals surface area contributed by atoms with Crippen LogP contribution in [0.4, 0.5) is 5.69 Å². The number of nitrogens with one attached hydrogen (secondary N) is 1. The monoisotopic (exact) mass is 333 g/mol. The third kappa shape index (κ3) is 3.65. The van der Waals surface area contributed by atoms with Crippen LogP contribution in [0.25, 0.3) is 10.4 Å². The van der Waals surface area contributed by atoms with Crippen molar-refractivity contribution in [3.63, 3.8) is 0 Å². The Morgan fingerprint density at radius 3 is 2.91 bits per heavy atom. The van der Waals surface area contributed by atoms with Crippen LogP contribution in [0.1, 0.15) is 50.0 Å². The van der Waals surface area contributed by atoms with Crippen molar-refractivity contribution in [1.82, 2.24) is 9.71 Å². The summed E-state index contributed by atoms with van der Waals surface area (Å²) in [6.07, 6.45) is 8.72. The molecular formula is C17H23N3S2. The van der Waals surface area contributed by atoms with E-state index in [0.29, 0.717) is 5.92 Å². The second-order valence-corrected chi connectivity index (χ2v) is 7.75. The zero-order chi connectivity index (χ0) is 15.4. The number of benzene rings is 1. The fraction of sp³-hybridized carbons (Fsp3) is 0.471. The zero-order valence-corrected chi connectivity index (χ0v) is 14.6. The average Bonchev–Trinajstić information content (AvgIpc) is 3.03. The Labute approximate surface area is 140 Å². The minimum Gasteiger partial charge on any atom is -0.399 e. The SMILES string of the molecule is CCNSc1cc(N)ccc1-c1cnc(C2CCCCC2)s1. The Morgan fingerprint density at radius 1 is 1.32 bits per heavy atom. The number of nitrogen functional groups attached to an aromatic ring is 1. The van der Waals surface area contributed by atoms with Crippen molar-refractivity contribution in [1.29, 1.82) is 0 Å². The quantitative estimate of drug-likeness (QED) is 0.593. The fourth-order valence-corrected chi connectivity index (χ4v) is 4.90. The number of rotatable bonds is 5. The molecule has 118 valence electrons. The van der Waals surface area contributed by atoms with Crippen molar-refractivity contribution in [2.45, 2.75) is 49.8 Å². The summed E-state index contributed by atoms with van der Waals surface area (Å²) in [4.78, 5) is 7.15. The first-order chi connectivity index (χ1) is 10.8. The van der Waals surface area contributed by atoms with Gasteiger partial charge in [0.25, 0.3) is 0 Å². The Hall–Kier alpha value is -1.04. The third-order valence-corrected chi connectivity index (χ3v) is 6.26. The van der Waals surface area contributed by atoms with Crippen molar-refractivity contribution >= 4 is 29.0 Å². The number of aromatic nitrogens is 1. The molecule has 0 spiro atoms. The molecule has 1 aromatic carbocycles. The molecule has 0 unspecified atom stereocenters. The molecule has 1 aliphatic carbocycles. The zero-order valence-electron chi connectivity index (χ0n) is 13.0. The highest BCUT2D eigenvalue weighted by Crippen LogP contribution is 2.40.